The van der Waals surface area contributed by atoms with Crippen LogP contribution in [0.1, 0.15) is 54.5 Å². The number of hydrogen-bond donors (Lipinski definition) is 2. The number of aryl methyl sites for hydroxylation is 1. The van der Waals surface area contributed by atoms with Crippen molar-refractivity contribution in [3.63, 3.8) is 0 Å². The molecule has 1 aliphatic heterocycles. The molecular formula is C32H35F6N5O5S. The van der Waals surface area contributed by atoms with Crippen LogP contribution in [-0.2, 0) is 41.2 Å². The zero-order valence-electron chi connectivity index (χ0n) is 26.5. The molecule has 1 aliphatic rings. The van der Waals surface area contributed by atoms with Gasteiger partial charge in [-0.3, -0.25) is 4.55 Å². The fraction of sp³-hybridized carbons (Fsp3) is 0.406. The van der Waals surface area contributed by atoms with Crippen LogP contribution in [-0.4, -0.2) is 61.8 Å². The Kier molecular flexibility index (Phi) is 11.2. The molecule has 49 heavy (non-hydrogen) atoms. The molecule has 1 aromatic heterocycles. The standard InChI is InChI=1S/C30H29F6N5O2.C2H6O3S/c1-2-40-38-27(37-39-40)21-5-3-20(4-6-21)19-41(43)17-15-24(16-18-41)28(42,22-7-11-25(12-8-22)29(31,32)33)23-9-13-26(14-10-23)30(34,35)36;1-2-6(3,4)5/h3-14,24,42H,2,15-19H2,1H3;2H2,1H3,(H,3,4,5). The monoisotopic (exact) mass is 715 g/mol. The topological polar surface area (TPSA) is 141 Å². The highest BCUT2D eigenvalue weighted by Gasteiger charge is 2.45. The van der Waals surface area contributed by atoms with Crippen LogP contribution in [0.2, 0.25) is 0 Å². The quantitative estimate of drug-likeness (QED) is 0.0918. The van der Waals surface area contributed by atoms with E-state index in [4.69, 9.17) is 4.55 Å². The first-order valence-electron chi connectivity index (χ1n) is 15.2. The van der Waals surface area contributed by atoms with Crippen LogP contribution < -0.4 is 0 Å². The van der Waals surface area contributed by atoms with Crippen molar-refractivity contribution in [2.75, 3.05) is 18.8 Å². The minimum atomic E-state index is -4.60. The van der Waals surface area contributed by atoms with Gasteiger partial charge in [0.25, 0.3) is 10.1 Å². The van der Waals surface area contributed by atoms with Gasteiger partial charge in [-0.25, -0.2) is 0 Å². The lowest BCUT2D eigenvalue weighted by Gasteiger charge is -2.50. The van der Waals surface area contributed by atoms with Crippen LogP contribution in [0.4, 0.5) is 26.3 Å². The summed E-state index contributed by atoms with van der Waals surface area (Å²) in [5.74, 6) is -0.366. The van der Waals surface area contributed by atoms with E-state index in [1.807, 2.05) is 19.1 Å². The average molecular weight is 716 g/mol. The van der Waals surface area contributed by atoms with E-state index in [0.717, 1.165) is 59.7 Å². The predicted octanol–water partition coefficient (Wildman–Crippen LogP) is 6.45. The highest BCUT2D eigenvalue weighted by Crippen LogP contribution is 2.45. The summed E-state index contributed by atoms with van der Waals surface area (Å²) in [4.78, 5) is 1.46. The van der Waals surface area contributed by atoms with E-state index in [2.05, 4.69) is 15.4 Å². The number of quaternary nitrogens is 1. The van der Waals surface area contributed by atoms with Crippen molar-refractivity contribution < 1.29 is 49.1 Å². The average Bonchev–Trinajstić information content (AvgIpc) is 3.54. The molecule has 2 N–H and O–H groups in total. The molecule has 1 fully saturated rings. The molecule has 0 saturated carbocycles. The second kappa shape index (κ2) is 14.5. The molecule has 3 aromatic carbocycles. The summed E-state index contributed by atoms with van der Waals surface area (Å²) in [5, 5.41) is 38.0. The minimum Gasteiger partial charge on any atom is -0.633 e. The number of tetrazole rings is 1. The summed E-state index contributed by atoms with van der Waals surface area (Å²) >= 11 is 0. The van der Waals surface area contributed by atoms with Gasteiger partial charge in [-0.1, -0.05) is 48.5 Å². The molecule has 2 heterocycles. The first-order chi connectivity index (χ1) is 22.8. The zero-order valence-corrected chi connectivity index (χ0v) is 27.3. The molecule has 0 spiro atoms. The SMILES string of the molecule is CCS(=O)(=O)O.CCn1nnc(-c2ccc(C[N+]3([O-])CCC(C(O)(c4ccc(C(F)(F)F)cc4)c4ccc(C(F)(F)F)cc4)CC3)cc2)n1. The molecule has 0 unspecified atom stereocenters. The Morgan fingerprint density at radius 2 is 1.24 bits per heavy atom. The van der Waals surface area contributed by atoms with Gasteiger partial charge in [-0.05, 0) is 54.5 Å². The Morgan fingerprint density at radius 1 is 0.816 bits per heavy atom. The molecule has 0 atom stereocenters. The Balaban J connectivity index is 0.000000827. The molecule has 0 aliphatic carbocycles. The molecule has 266 valence electrons. The first-order valence-corrected chi connectivity index (χ1v) is 16.9. The number of rotatable bonds is 8. The van der Waals surface area contributed by atoms with Crippen molar-refractivity contribution in [1.82, 2.24) is 20.2 Å². The maximum Gasteiger partial charge on any atom is 0.416 e. The molecular weight excluding hydrogens is 680 g/mol. The van der Waals surface area contributed by atoms with Gasteiger partial charge in [0, 0.05) is 29.9 Å². The van der Waals surface area contributed by atoms with Crippen molar-refractivity contribution in [2.24, 2.45) is 5.92 Å². The summed E-state index contributed by atoms with van der Waals surface area (Å²) in [6, 6.07) is 15.2. The lowest BCUT2D eigenvalue weighted by atomic mass is 9.71. The Hall–Kier alpha value is -3.90. The van der Waals surface area contributed by atoms with Gasteiger partial charge in [0.1, 0.15) is 12.1 Å². The van der Waals surface area contributed by atoms with E-state index in [9.17, 15) is 45.1 Å². The largest absolute Gasteiger partial charge is 0.633 e. The van der Waals surface area contributed by atoms with Gasteiger partial charge in [0.05, 0.1) is 36.5 Å². The number of benzene rings is 3. The van der Waals surface area contributed by atoms with E-state index in [-0.39, 0.29) is 49.4 Å². The van der Waals surface area contributed by atoms with Crippen LogP contribution in [0.25, 0.3) is 11.4 Å². The lowest BCUT2D eigenvalue weighted by Crippen LogP contribution is -2.51. The molecule has 0 bridgehead atoms. The third-order valence-electron chi connectivity index (χ3n) is 8.45. The summed E-state index contributed by atoms with van der Waals surface area (Å²) in [7, 11) is -3.66. The highest BCUT2D eigenvalue weighted by molar-refractivity contribution is 7.85. The number of aliphatic hydroxyl groups is 1. The molecule has 4 aromatic rings. The van der Waals surface area contributed by atoms with Crippen molar-refractivity contribution >= 4 is 10.1 Å². The number of halogens is 6. The van der Waals surface area contributed by atoms with Gasteiger partial charge in [0.2, 0.25) is 5.82 Å². The normalized spacial score (nSPS) is 18.9. The minimum absolute atomic E-state index is 0.0996. The lowest BCUT2D eigenvalue weighted by molar-refractivity contribution is -0.900. The number of hydroxylamine groups is 3. The van der Waals surface area contributed by atoms with Gasteiger partial charge >= 0.3 is 12.4 Å². The van der Waals surface area contributed by atoms with Crippen molar-refractivity contribution in [1.29, 1.82) is 0 Å². The van der Waals surface area contributed by atoms with Gasteiger partial charge in [0.15, 0.2) is 0 Å². The van der Waals surface area contributed by atoms with Crippen molar-refractivity contribution in [2.45, 2.75) is 57.7 Å². The van der Waals surface area contributed by atoms with Crippen LogP contribution in [0.5, 0.6) is 0 Å². The third kappa shape index (κ3) is 9.42. The number of nitrogens with zero attached hydrogens (tertiary/aromatic N) is 5. The maximum absolute atomic E-state index is 13.7. The highest BCUT2D eigenvalue weighted by atomic mass is 32.2. The maximum atomic E-state index is 13.7. The predicted molar refractivity (Wildman–Crippen MR) is 167 cm³/mol. The fourth-order valence-corrected chi connectivity index (χ4v) is 5.66. The molecule has 0 radical (unpaired) electrons. The Morgan fingerprint density at radius 3 is 1.61 bits per heavy atom. The van der Waals surface area contributed by atoms with Crippen LogP contribution >= 0.6 is 0 Å². The van der Waals surface area contributed by atoms with Crippen molar-refractivity contribution in [3.8, 4) is 11.4 Å². The van der Waals surface area contributed by atoms with Gasteiger partial charge in [-0.15, -0.1) is 10.2 Å². The number of aromatic nitrogens is 4. The second-order valence-corrected chi connectivity index (χ2v) is 13.5. The third-order valence-corrected chi connectivity index (χ3v) is 9.18. The molecule has 1 saturated heterocycles. The molecule has 10 nitrogen and oxygen atoms in total. The van der Waals surface area contributed by atoms with Crippen LogP contribution in [0.3, 0.4) is 0 Å². The molecule has 17 heteroatoms. The molecule has 5 rings (SSSR count). The first kappa shape index (κ1) is 37.9. The summed E-state index contributed by atoms with van der Waals surface area (Å²) in [6.07, 6.45) is -8.80. The van der Waals surface area contributed by atoms with E-state index < -0.39 is 49.8 Å². The number of alkyl halides is 6. The number of likely N-dealkylation sites (tertiary alicyclic amines) is 1. The van der Waals surface area contributed by atoms with Gasteiger partial charge in [-0.2, -0.15) is 39.6 Å². The van der Waals surface area contributed by atoms with Gasteiger partial charge < -0.3 is 15.0 Å². The van der Waals surface area contributed by atoms with E-state index in [1.165, 1.54) is 11.7 Å². The van der Waals surface area contributed by atoms with E-state index in [1.54, 1.807) is 12.1 Å². The summed E-state index contributed by atoms with van der Waals surface area (Å²) in [6.45, 7) is 4.19. The van der Waals surface area contributed by atoms with E-state index in [0.29, 0.717) is 12.4 Å². The molecule has 0 amide bonds. The second-order valence-electron chi connectivity index (χ2n) is 11.7. The Bertz CT molecular complexity index is 1730. The number of hydrogen-bond acceptors (Lipinski definition) is 7. The van der Waals surface area contributed by atoms with Crippen molar-refractivity contribution in [3.05, 3.63) is 106 Å². The zero-order chi connectivity index (χ0) is 36.3. The number of piperidine rings is 1. The van der Waals surface area contributed by atoms with E-state index >= 15 is 0 Å². The Labute approximate surface area is 278 Å². The fourth-order valence-electron chi connectivity index (χ4n) is 5.66. The summed E-state index contributed by atoms with van der Waals surface area (Å²) in [5.41, 5.74) is -1.99. The summed E-state index contributed by atoms with van der Waals surface area (Å²) < 4.78 is 106. The van der Waals surface area contributed by atoms with Crippen LogP contribution in [0, 0.1) is 11.1 Å². The smallest absolute Gasteiger partial charge is 0.416 e. The van der Waals surface area contributed by atoms with Crippen LogP contribution in [0.15, 0.2) is 72.8 Å².